The lowest BCUT2D eigenvalue weighted by Crippen LogP contribution is -2.39. The maximum absolute atomic E-state index is 13.5. The number of carbonyl (C=O) groups is 1. The van der Waals surface area contributed by atoms with E-state index in [0.29, 0.717) is 22.8 Å². The highest BCUT2D eigenvalue weighted by Gasteiger charge is 2.28. The number of carbonyl (C=O) groups excluding carboxylic acids is 1. The number of hydrazone groups is 1. The zero-order valence-corrected chi connectivity index (χ0v) is 20.7. The molecule has 0 spiro atoms. The molecule has 3 aromatic rings. The Hall–Kier alpha value is -4.05. The van der Waals surface area contributed by atoms with E-state index in [4.69, 9.17) is 14.2 Å². The molecule has 0 unspecified atom stereocenters. The maximum Gasteiger partial charge on any atom is 0.264 e. The molecule has 0 atom stereocenters. The third-order valence-electron chi connectivity index (χ3n) is 5.08. The summed E-state index contributed by atoms with van der Waals surface area (Å²) in [4.78, 5) is 12.8. The van der Waals surface area contributed by atoms with E-state index >= 15 is 0 Å². The number of aryl methyl sites for hydroxylation is 1. The van der Waals surface area contributed by atoms with Gasteiger partial charge in [-0.3, -0.25) is 9.10 Å². The molecular formula is C25H27N3O6S. The van der Waals surface area contributed by atoms with Crippen LogP contribution < -0.4 is 23.9 Å². The standard InChI is InChI=1S/C25H27N3O6S/c1-18-9-12-21(13-10-18)35(30,31)28(20-11-14-23(33-3)24(15-20)34-4)17-25(29)27-26-16-19-7-5-6-8-22(19)32-2/h5-16H,17H2,1-4H3,(H,27,29)/b26-16-. The Kier molecular flexibility index (Phi) is 8.32. The molecule has 10 heteroatoms. The van der Waals surface area contributed by atoms with Crippen molar-refractivity contribution < 1.29 is 27.4 Å². The number of hydrogen-bond acceptors (Lipinski definition) is 7. The average Bonchev–Trinajstić information content (AvgIpc) is 2.87. The molecule has 184 valence electrons. The van der Waals surface area contributed by atoms with Crippen LogP contribution in [-0.2, 0) is 14.8 Å². The third kappa shape index (κ3) is 6.10. The van der Waals surface area contributed by atoms with Crippen LogP contribution in [0.3, 0.4) is 0 Å². The molecule has 0 radical (unpaired) electrons. The van der Waals surface area contributed by atoms with Crippen molar-refractivity contribution in [1.82, 2.24) is 5.43 Å². The lowest BCUT2D eigenvalue weighted by Gasteiger charge is -2.24. The quantitative estimate of drug-likeness (QED) is 0.340. The Morgan fingerprint density at radius 2 is 1.57 bits per heavy atom. The molecule has 3 rings (SSSR count). The van der Waals surface area contributed by atoms with Gasteiger partial charge in [-0.25, -0.2) is 13.8 Å². The van der Waals surface area contributed by atoms with Gasteiger partial charge < -0.3 is 14.2 Å². The fourth-order valence-electron chi connectivity index (χ4n) is 3.25. The van der Waals surface area contributed by atoms with Gasteiger partial charge >= 0.3 is 0 Å². The van der Waals surface area contributed by atoms with E-state index < -0.39 is 22.5 Å². The second-order valence-electron chi connectivity index (χ2n) is 7.40. The average molecular weight is 498 g/mol. The molecule has 35 heavy (non-hydrogen) atoms. The van der Waals surface area contributed by atoms with Gasteiger partial charge in [0.1, 0.15) is 12.3 Å². The largest absolute Gasteiger partial charge is 0.496 e. The topological polar surface area (TPSA) is 107 Å². The zero-order valence-electron chi connectivity index (χ0n) is 19.9. The first kappa shape index (κ1) is 25.6. The minimum absolute atomic E-state index is 0.0446. The van der Waals surface area contributed by atoms with E-state index in [-0.39, 0.29) is 10.6 Å². The van der Waals surface area contributed by atoms with Crippen LogP contribution in [-0.4, -0.2) is 48.4 Å². The summed E-state index contributed by atoms with van der Waals surface area (Å²) < 4.78 is 43.9. The molecule has 0 aromatic heterocycles. The fraction of sp³-hybridized carbons (Fsp3) is 0.200. The molecule has 0 fully saturated rings. The predicted molar refractivity (Wildman–Crippen MR) is 134 cm³/mol. The normalized spacial score (nSPS) is 11.2. The Balaban J connectivity index is 1.92. The van der Waals surface area contributed by atoms with Gasteiger partial charge in [-0.2, -0.15) is 5.10 Å². The van der Waals surface area contributed by atoms with Crippen molar-refractivity contribution in [3.8, 4) is 17.2 Å². The van der Waals surface area contributed by atoms with E-state index in [9.17, 15) is 13.2 Å². The lowest BCUT2D eigenvalue weighted by atomic mass is 10.2. The molecule has 0 saturated heterocycles. The third-order valence-corrected chi connectivity index (χ3v) is 6.87. The predicted octanol–water partition coefficient (Wildman–Crippen LogP) is 3.37. The molecule has 0 bridgehead atoms. The van der Waals surface area contributed by atoms with E-state index in [2.05, 4.69) is 10.5 Å². The number of ether oxygens (including phenoxy) is 3. The first-order valence-corrected chi connectivity index (χ1v) is 12.0. The van der Waals surface area contributed by atoms with Gasteiger partial charge in [-0.1, -0.05) is 29.8 Å². The number of nitrogens with one attached hydrogen (secondary N) is 1. The number of para-hydroxylation sites is 1. The summed E-state index contributed by atoms with van der Waals surface area (Å²) in [5.74, 6) is 0.694. The zero-order chi connectivity index (χ0) is 25.4. The summed E-state index contributed by atoms with van der Waals surface area (Å²) >= 11 is 0. The van der Waals surface area contributed by atoms with Gasteiger partial charge in [0.05, 0.1) is 38.1 Å². The van der Waals surface area contributed by atoms with Crippen molar-refractivity contribution in [3.63, 3.8) is 0 Å². The lowest BCUT2D eigenvalue weighted by molar-refractivity contribution is -0.119. The summed E-state index contributed by atoms with van der Waals surface area (Å²) in [6.07, 6.45) is 1.42. The number of rotatable bonds is 10. The van der Waals surface area contributed by atoms with Crippen LogP contribution in [0, 0.1) is 6.92 Å². The molecule has 3 aromatic carbocycles. The highest BCUT2D eigenvalue weighted by Crippen LogP contribution is 2.33. The molecule has 0 saturated carbocycles. The molecule has 0 aliphatic heterocycles. The van der Waals surface area contributed by atoms with Crippen molar-refractivity contribution in [2.24, 2.45) is 5.10 Å². The summed E-state index contributed by atoms with van der Waals surface area (Å²) in [5.41, 5.74) is 4.17. The highest BCUT2D eigenvalue weighted by molar-refractivity contribution is 7.92. The molecule has 9 nitrogen and oxygen atoms in total. The fourth-order valence-corrected chi connectivity index (χ4v) is 4.66. The number of benzene rings is 3. The van der Waals surface area contributed by atoms with Crippen LogP contribution in [0.1, 0.15) is 11.1 Å². The Labute approximate surface area is 205 Å². The number of sulfonamides is 1. The van der Waals surface area contributed by atoms with Crippen molar-refractivity contribution in [3.05, 3.63) is 77.9 Å². The van der Waals surface area contributed by atoms with E-state index in [1.807, 2.05) is 13.0 Å². The number of methoxy groups -OCH3 is 3. The minimum Gasteiger partial charge on any atom is -0.496 e. The second kappa shape index (κ2) is 11.4. The van der Waals surface area contributed by atoms with Crippen LogP contribution in [0.25, 0.3) is 0 Å². The monoisotopic (exact) mass is 497 g/mol. The molecule has 1 N–H and O–H groups in total. The summed E-state index contributed by atoms with van der Waals surface area (Å²) in [6, 6.07) is 18.1. The van der Waals surface area contributed by atoms with Crippen LogP contribution in [0.4, 0.5) is 5.69 Å². The highest BCUT2D eigenvalue weighted by atomic mass is 32.2. The number of anilines is 1. The van der Waals surface area contributed by atoms with Gasteiger partial charge in [-0.15, -0.1) is 0 Å². The van der Waals surface area contributed by atoms with Crippen LogP contribution in [0.15, 0.2) is 76.7 Å². The maximum atomic E-state index is 13.5. The summed E-state index contributed by atoms with van der Waals surface area (Å²) in [5, 5.41) is 3.95. The molecule has 0 aliphatic rings. The van der Waals surface area contributed by atoms with Gasteiger partial charge in [-0.05, 0) is 43.3 Å². The van der Waals surface area contributed by atoms with Crippen LogP contribution >= 0.6 is 0 Å². The van der Waals surface area contributed by atoms with Gasteiger partial charge in [0, 0.05) is 11.6 Å². The second-order valence-corrected chi connectivity index (χ2v) is 9.26. The molecule has 0 aliphatic carbocycles. The van der Waals surface area contributed by atoms with Crippen LogP contribution in [0.2, 0.25) is 0 Å². The van der Waals surface area contributed by atoms with Gasteiger partial charge in [0.25, 0.3) is 15.9 Å². The van der Waals surface area contributed by atoms with Crippen molar-refractivity contribution >= 4 is 27.8 Å². The Bertz CT molecular complexity index is 1310. The summed E-state index contributed by atoms with van der Waals surface area (Å²) in [6.45, 7) is 1.34. The molecule has 0 heterocycles. The Morgan fingerprint density at radius 1 is 0.914 bits per heavy atom. The SMILES string of the molecule is COc1ccccc1/C=N\NC(=O)CN(c1ccc(OC)c(OC)c1)S(=O)(=O)c1ccc(C)cc1. The van der Waals surface area contributed by atoms with Crippen LogP contribution in [0.5, 0.6) is 17.2 Å². The minimum atomic E-state index is -4.09. The molecule has 1 amide bonds. The first-order valence-electron chi connectivity index (χ1n) is 10.6. The number of hydrogen-bond donors (Lipinski definition) is 1. The Morgan fingerprint density at radius 3 is 2.23 bits per heavy atom. The van der Waals surface area contributed by atoms with Crippen molar-refractivity contribution in [2.45, 2.75) is 11.8 Å². The van der Waals surface area contributed by atoms with Gasteiger partial charge in [0.15, 0.2) is 11.5 Å². The van der Waals surface area contributed by atoms with E-state index in [1.54, 1.807) is 42.5 Å². The molecular weight excluding hydrogens is 470 g/mol. The van der Waals surface area contributed by atoms with Gasteiger partial charge in [0.2, 0.25) is 0 Å². The van der Waals surface area contributed by atoms with Crippen molar-refractivity contribution in [1.29, 1.82) is 0 Å². The smallest absolute Gasteiger partial charge is 0.264 e. The van der Waals surface area contributed by atoms with Crippen molar-refractivity contribution in [2.75, 3.05) is 32.2 Å². The van der Waals surface area contributed by atoms with E-state index in [1.165, 1.54) is 45.7 Å². The summed E-state index contributed by atoms with van der Waals surface area (Å²) in [7, 11) is 0.358. The first-order chi connectivity index (χ1) is 16.8. The van der Waals surface area contributed by atoms with E-state index in [0.717, 1.165) is 9.87 Å². The number of amides is 1. The number of nitrogens with zero attached hydrogens (tertiary/aromatic N) is 2.